The zero-order chi connectivity index (χ0) is 14.8. The number of carbonyl (C=O) groups is 1. The second kappa shape index (κ2) is 6.00. The van der Waals surface area contributed by atoms with Gasteiger partial charge < -0.3 is 5.32 Å². The lowest BCUT2D eigenvalue weighted by molar-refractivity contribution is -0.117. The maximum Gasteiger partial charge on any atom is 0.231 e. The Bertz CT molecular complexity index is 732. The highest BCUT2D eigenvalue weighted by atomic mass is 79.9. The lowest BCUT2D eigenvalue weighted by Crippen LogP contribution is -2.24. The molecule has 1 aromatic heterocycles. The Morgan fingerprint density at radius 2 is 2.29 bits per heavy atom. The van der Waals surface area contributed by atoms with Crippen LogP contribution in [0.5, 0.6) is 0 Å². The normalized spacial score (nSPS) is 16.9. The average Bonchev–Trinajstić information content (AvgIpc) is 2.97. The number of thiophene rings is 1. The summed E-state index contributed by atoms with van der Waals surface area (Å²) in [6.45, 7) is 0. The number of amides is 1. The summed E-state index contributed by atoms with van der Waals surface area (Å²) in [5.41, 5.74) is 2.20. The fourth-order valence-electron chi connectivity index (χ4n) is 2.70. The fraction of sp³-hybridized carbons (Fsp3) is 0.250. The summed E-state index contributed by atoms with van der Waals surface area (Å²) in [6, 6.07) is 9.47. The minimum absolute atomic E-state index is 0.0202. The van der Waals surface area contributed by atoms with Crippen LogP contribution in [-0.4, -0.2) is 5.91 Å². The lowest BCUT2D eigenvalue weighted by Gasteiger charge is -2.22. The molecule has 1 atom stereocenters. The number of benzene rings is 1. The molecular formula is C16H13BrN2OS. The Morgan fingerprint density at radius 3 is 3.10 bits per heavy atom. The molecule has 1 heterocycles. The molecule has 0 bridgehead atoms. The van der Waals surface area contributed by atoms with Crippen molar-refractivity contribution in [3.05, 3.63) is 50.1 Å². The first-order valence-corrected chi connectivity index (χ1v) is 8.43. The number of nitrogens with one attached hydrogen (secondary N) is 1. The van der Waals surface area contributed by atoms with E-state index in [1.807, 2.05) is 6.07 Å². The average molecular weight is 361 g/mol. The molecule has 1 N–H and O–H groups in total. The van der Waals surface area contributed by atoms with Crippen molar-refractivity contribution in [3.63, 3.8) is 0 Å². The Morgan fingerprint density at radius 1 is 1.43 bits per heavy atom. The molecule has 0 saturated carbocycles. The molecule has 3 nitrogen and oxygen atoms in total. The molecule has 0 spiro atoms. The van der Waals surface area contributed by atoms with Crippen molar-refractivity contribution in [2.24, 2.45) is 0 Å². The van der Waals surface area contributed by atoms with Gasteiger partial charge in [-0.1, -0.05) is 15.9 Å². The molecule has 2 aromatic rings. The molecule has 1 amide bonds. The third-order valence-electron chi connectivity index (χ3n) is 3.73. The quantitative estimate of drug-likeness (QED) is 0.860. The van der Waals surface area contributed by atoms with Gasteiger partial charge in [0.05, 0.1) is 17.2 Å². The number of hydrogen-bond donors (Lipinski definition) is 1. The van der Waals surface area contributed by atoms with Crippen LogP contribution >= 0.6 is 27.3 Å². The van der Waals surface area contributed by atoms with Crippen LogP contribution in [0.2, 0.25) is 0 Å². The van der Waals surface area contributed by atoms with Gasteiger partial charge in [-0.25, -0.2) is 0 Å². The van der Waals surface area contributed by atoms with Crippen molar-refractivity contribution < 1.29 is 4.79 Å². The van der Waals surface area contributed by atoms with Crippen molar-refractivity contribution in [2.75, 3.05) is 5.32 Å². The standard InChI is InChI=1S/C16H13BrN2OS/c17-11-4-5-14(10(8-11)9-18)19-16(20)13-2-1-3-15-12(13)6-7-21-15/h4-8,13H,1-3H2,(H,19,20). The smallest absolute Gasteiger partial charge is 0.231 e. The molecule has 1 unspecified atom stereocenters. The second-order valence-corrected chi connectivity index (χ2v) is 6.95. The van der Waals surface area contributed by atoms with Crippen LogP contribution in [0.1, 0.15) is 34.8 Å². The van der Waals surface area contributed by atoms with Gasteiger partial charge in [0, 0.05) is 9.35 Å². The van der Waals surface area contributed by atoms with E-state index in [0.29, 0.717) is 11.3 Å². The van der Waals surface area contributed by atoms with Crippen molar-refractivity contribution in [1.29, 1.82) is 5.26 Å². The number of fused-ring (bicyclic) bond motifs is 1. The van der Waals surface area contributed by atoms with Crippen LogP contribution in [0.3, 0.4) is 0 Å². The monoisotopic (exact) mass is 360 g/mol. The van der Waals surface area contributed by atoms with E-state index >= 15 is 0 Å². The first kappa shape index (κ1) is 14.3. The van der Waals surface area contributed by atoms with Gasteiger partial charge in [-0.15, -0.1) is 11.3 Å². The second-order valence-electron chi connectivity index (χ2n) is 5.03. The molecule has 5 heteroatoms. The van der Waals surface area contributed by atoms with Gasteiger partial charge in [0.15, 0.2) is 0 Å². The van der Waals surface area contributed by atoms with Crippen LogP contribution in [-0.2, 0) is 11.2 Å². The fourth-order valence-corrected chi connectivity index (χ4v) is 4.05. The molecule has 1 aromatic carbocycles. The largest absolute Gasteiger partial charge is 0.324 e. The molecule has 1 aliphatic carbocycles. The highest BCUT2D eigenvalue weighted by molar-refractivity contribution is 9.10. The highest BCUT2D eigenvalue weighted by Crippen LogP contribution is 2.36. The van der Waals surface area contributed by atoms with Crippen molar-refractivity contribution in [3.8, 4) is 6.07 Å². The van der Waals surface area contributed by atoms with Crippen LogP contribution < -0.4 is 5.32 Å². The zero-order valence-electron chi connectivity index (χ0n) is 11.2. The van der Waals surface area contributed by atoms with Crippen LogP contribution in [0.15, 0.2) is 34.1 Å². The Kier molecular flexibility index (Phi) is 4.09. The molecular weight excluding hydrogens is 348 g/mol. The minimum atomic E-state index is -0.102. The third kappa shape index (κ3) is 2.87. The van der Waals surface area contributed by atoms with Gasteiger partial charge in [-0.3, -0.25) is 4.79 Å². The van der Waals surface area contributed by atoms with Gasteiger partial charge in [0.1, 0.15) is 6.07 Å². The first-order chi connectivity index (χ1) is 10.2. The van der Waals surface area contributed by atoms with E-state index in [1.54, 1.807) is 23.5 Å². The molecule has 0 fully saturated rings. The SMILES string of the molecule is N#Cc1cc(Br)ccc1NC(=O)C1CCCc2sccc21. The summed E-state index contributed by atoms with van der Waals surface area (Å²) in [6.07, 6.45) is 2.98. The molecule has 0 aliphatic heterocycles. The van der Waals surface area contributed by atoms with Gasteiger partial charge in [-0.2, -0.15) is 5.26 Å². The number of nitriles is 1. The van der Waals surface area contributed by atoms with E-state index in [4.69, 9.17) is 0 Å². The van der Waals surface area contributed by atoms with Crippen molar-refractivity contribution in [2.45, 2.75) is 25.2 Å². The predicted octanol–water partition coefficient (Wildman–Crippen LogP) is 4.44. The molecule has 1 aliphatic rings. The van der Waals surface area contributed by atoms with Gasteiger partial charge in [0.25, 0.3) is 0 Å². The lowest BCUT2D eigenvalue weighted by atomic mass is 9.87. The van der Waals surface area contributed by atoms with Crippen LogP contribution in [0.25, 0.3) is 0 Å². The highest BCUT2D eigenvalue weighted by Gasteiger charge is 2.27. The summed E-state index contributed by atoms with van der Waals surface area (Å²) < 4.78 is 0.829. The van der Waals surface area contributed by atoms with Gasteiger partial charge in [0.2, 0.25) is 5.91 Å². The van der Waals surface area contributed by atoms with E-state index in [0.717, 1.165) is 29.3 Å². The Hall–Kier alpha value is -1.64. The Labute approximate surface area is 135 Å². The van der Waals surface area contributed by atoms with Crippen LogP contribution in [0.4, 0.5) is 5.69 Å². The predicted molar refractivity (Wildman–Crippen MR) is 87.5 cm³/mol. The van der Waals surface area contributed by atoms with Gasteiger partial charge >= 0.3 is 0 Å². The van der Waals surface area contributed by atoms with Crippen molar-refractivity contribution >= 4 is 38.9 Å². The number of hydrogen-bond acceptors (Lipinski definition) is 3. The number of carbonyl (C=O) groups excluding carboxylic acids is 1. The molecule has 21 heavy (non-hydrogen) atoms. The molecule has 3 rings (SSSR count). The van der Waals surface area contributed by atoms with Gasteiger partial charge in [-0.05, 0) is 54.5 Å². The third-order valence-corrected chi connectivity index (χ3v) is 5.22. The number of anilines is 1. The summed E-state index contributed by atoms with van der Waals surface area (Å²) in [5, 5.41) is 14.1. The van der Waals surface area contributed by atoms with E-state index in [1.165, 1.54) is 4.88 Å². The summed E-state index contributed by atoms with van der Waals surface area (Å²) >= 11 is 5.06. The maximum absolute atomic E-state index is 12.6. The number of aryl methyl sites for hydroxylation is 1. The molecule has 106 valence electrons. The first-order valence-electron chi connectivity index (χ1n) is 6.76. The topological polar surface area (TPSA) is 52.9 Å². The van der Waals surface area contributed by atoms with E-state index in [2.05, 4.69) is 38.8 Å². The molecule has 0 radical (unpaired) electrons. The summed E-state index contributed by atoms with van der Waals surface area (Å²) in [7, 11) is 0. The number of halogens is 1. The van der Waals surface area contributed by atoms with Crippen molar-refractivity contribution in [1.82, 2.24) is 0 Å². The van der Waals surface area contributed by atoms with E-state index in [-0.39, 0.29) is 11.8 Å². The Balaban J connectivity index is 1.84. The zero-order valence-corrected chi connectivity index (χ0v) is 13.6. The molecule has 0 saturated heterocycles. The van der Waals surface area contributed by atoms with E-state index < -0.39 is 0 Å². The summed E-state index contributed by atoms with van der Waals surface area (Å²) in [4.78, 5) is 13.9. The van der Waals surface area contributed by atoms with Crippen LogP contribution in [0, 0.1) is 11.3 Å². The minimum Gasteiger partial charge on any atom is -0.324 e. The maximum atomic E-state index is 12.6. The number of rotatable bonds is 2. The van der Waals surface area contributed by atoms with E-state index in [9.17, 15) is 10.1 Å². The summed E-state index contributed by atoms with van der Waals surface area (Å²) in [5.74, 6) is -0.122. The number of nitrogens with zero attached hydrogens (tertiary/aromatic N) is 1.